The number of nitrogens with zero attached hydrogens (tertiary/aromatic N) is 2. The third-order valence-corrected chi connectivity index (χ3v) is 2.59. The van der Waals surface area contributed by atoms with Crippen LogP contribution in [0.5, 0.6) is 0 Å². The van der Waals surface area contributed by atoms with Gasteiger partial charge in [0, 0.05) is 12.7 Å². The molecule has 0 bridgehead atoms. The van der Waals surface area contributed by atoms with E-state index >= 15 is 0 Å². The summed E-state index contributed by atoms with van der Waals surface area (Å²) in [5.74, 6) is 1.48. The van der Waals surface area contributed by atoms with Gasteiger partial charge in [0.1, 0.15) is 0 Å². The molecule has 0 saturated heterocycles. The van der Waals surface area contributed by atoms with E-state index in [9.17, 15) is 0 Å². The summed E-state index contributed by atoms with van der Waals surface area (Å²) in [7, 11) is 0. The molecule has 0 saturated carbocycles. The van der Waals surface area contributed by atoms with Crippen molar-refractivity contribution in [3.8, 4) is 0 Å². The topological polar surface area (TPSA) is 17.8 Å². The van der Waals surface area contributed by atoms with E-state index < -0.39 is 0 Å². The zero-order chi connectivity index (χ0) is 8.97. The minimum Gasteiger partial charge on any atom is -0.271 e. The summed E-state index contributed by atoms with van der Waals surface area (Å²) in [4.78, 5) is 0. The predicted octanol–water partition coefficient (Wildman–Crippen LogP) is 2.49. The molecule has 0 radical (unpaired) electrons. The molecule has 4 heteroatoms. The zero-order valence-electron chi connectivity index (χ0n) is 7.07. The van der Waals surface area contributed by atoms with E-state index in [2.05, 4.69) is 24.7 Å². The highest BCUT2D eigenvalue weighted by molar-refractivity contribution is 7.80. The number of halogens is 1. The van der Waals surface area contributed by atoms with Crippen LogP contribution in [0.15, 0.2) is 12.4 Å². The minimum atomic E-state index is 0.587. The van der Waals surface area contributed by atoms with Gasteiger partial charge in [0.05, 0.1) is 11.2 Å². The van der Waals surface area contributed by atoms with Gasteiger partial charge in [0.25, 0.3) is 0 Å². The van der Waals surface area contributed by atoms with Gasteiger partial charge >= 0.3 is 0 Å². The largest absolute Gasteiger partial charge is 0.271 e. The Balaban J connectivity index is 2.50. The number of thiol groups is 1. The van der Waals surface area contributed by atoms with Gasteiger partial charge in [-0.05, 0) is 11.7 Å². The van der Waals surface area contributed by atoms with Crippen molar-refractivity contribution in [1.82, 2.24) is 9.78 Å². The molecule has 0 aromatic carbocycles. The number of aromatic nitrogens is 2. The van der Waals surface area contributed by atoms with Crippen molar-refractivity contribution in [3.05, 3.63) is 17.4 Å². The van der Waals surface area contributed by atoms with Crippen molar-refractivity contribution in [2.24, 2.45) is 5.92 Å². The highest BCUT2D eigenvalue weighted by atomic mass is 35.5. The summed E-state index contributed by atoms with van der Waals surface area (Å²) in [5, 5.41) is 4.80. The fourth-order valence-corrected chi connectivity index (χ4v) is 1.55. The van der Waals surface area contributed by atoms with Crippen molar-refractivity contribution >= 4 is 24.2 Å². The van der Waals surface area contributed by atoms with Crippen LogP contribution in [0.1, 0.15) is 13.3 Å². The quantitative estimate of drug-likeness (QED) is 0.747. The van der Waals surface area contributed by atoms with Crippen molar-refractivity contribution in [3.63, 3.8) is 0 Å². The molecule has 1 rings (SSSR count). The zero-order valence-corrected chi connectivity index (χ0v) is 8.72. The molecule has 2 nitrogen and oxygen atoms in total. The van der Waals surface area contributed by atoms with Crippen LogP contribution in [0.2, 0.25) is 5.02 Å². The van der Waals surface area contributed by atoms with Gasteiger partial charge in [0.2, 0.25) is 0 Å². The lowest BCUT2D eigenvalue weighted by molar-refractivity contribution is 0.446. The van der Waals surface area contributed by atoms with Gasteiger partial charge < -0.3 is 0 Å². The van der Waals surface area contributed by atoms with E-state index in [-0.39, 0.29) is 0 Å². The van der Waals surface area contributed by atoms with E-state index in [1.807, 2.05) is 10.9 Å². The second-order valence-electron chi connectivity index (χ2n) is 2.84. The number of rotatable bonds is 4. The SMILES string of the molecule is CCC(CS)Cn1cc(Cl)cn1. The maximum absolute atomic E-state index is 5.73. The Hall–Kier alpha value is -0.150. The van der Waals surface area contributed by atoms with Crippen LogP contribution >= 0.6 is 24.2 Å². The third-order valence-electron chi connectivity index (χ3n) is 1.88. The van der Waals surface area contributed by atoms with Crippen LogP contribution < -0.4 is 0 Å². The van der Waals surface area contributed by atoms with Crippen LogP contribution in [0.4, 0.5) is 0 Å². The molecular formula is C8H13ClN2S. The molecule has 1 aromatic rings. The van der Waals surface area contributed by atoms with Gasteiger partial charge in [-0.2, -0.15) is 17.7 Å². The highest BCUT2D eigenvalue weighted by Gasteiger charge is 2.05. The fraction of sp³-hybridized carbons (Fsp3) is 0.625. The van der Waals surface area contributed by atoms with E-state index in [1.165, 1.54) is 0 Å². The molecule has 0 N–H and O–H groups in total. The van der Waals surface area contributed by atoms with Crippen molar-refractivity contribution < 1.29 is 0 Å². The number of hydrogen-bond acceptors (Lipinski definition) is 2. The summed E-state index contributed by atoms with van der Waals surface area (Å²) in [6.07, 6.45) is 4.63. The first-order valence-corrected chi connectivity index (χ1v) is 5.06. The fourth-order valence-electron chi connectivity index (χ4n) is 1.02. The summed E-state index contributed by atoms with van der Waals surface area (Å²) in [6.45, 7) is 3.07. The molecule has 12 heavy (non-hydrogen) atoms. The molecule has 0 aliphatic carbocycles. The summed E-state index contributed by atoms with van der Waals surface area (Å²) >= 11 is 9.99. The predicted molar refractivity (Wildman–Crippen MR) is 54.9 cm³/mol. The molecular weight excluding hydrogens is 192 g/mol. The van der Waals surface area contributed by atoms with Crippen molar-refractivity contribution in [2.75, 3.05) is 5.75 Å². The van der Waals surface area contributed by atoms with Crippen LogP contribution in [0.25, 0.3) is 0 Å². The standard InChI is InChI=1S/C8H13ClN2S/c1-2-7(6-12)4-11-5-8(9)3-10-11/h3,5,7,12H,2,4,6H2,1H3. The van der Waals surface area contributed by atoms with Gasteiger partial charge in [-0.1, -0.05) is 24.9 Å². The maximum atomic E-state index is 5.73. The number of hydrogen-bond donors (Lipinski definition) is 1. The lowest BCUT2D eigenvalue weighted by Gasteiger charge is -2.10. The Bertz CT molecular complexity index is 233. The molecule has 0 aliphatic heterocycles. The van der Waals surface area contributed by atoms with Crippen molar-refractivity contribution in [1.29, 1.82) is 0 Å². The summed E-state index contributed by atoms with van der Waals surface area (Å²) < 4.78 is 1.87. The van der Waals surface area contributed by atoms with Gasteiger partial charge in [-0.25, -0.2) is 0 Å². The molecule has 1 heterocycles. The van der Waals surface area contributed by atoms with E-state index in [4.69, 9.17) is 11.6 Å². The molecule has 68 valence electrons. The van der Waals surface area contributed by atoms with Crippen LogP contribution in [-0.2, 0) is 6.54 Å². The monoisotopic (exact) mass is 204 g/mol. The Morgan fingerprint density at radius 2 is 2.50 bits per heavy atom. The first-order valence-electron chi connectivity index (χ1n) is 4.05. The molecule has 0 spiro atoms. The van der Waals surface area contributed by atoms with E-state index in [1.54, 1.807) is 6.20 Å². The average Bonchev–Trinajstić information content (AvgIpc) is 2.47. The summed E-state index contributed by atoms with van der Waals surface area (Å²) in [6, 6.07) is 0. The van der Waals surface area contributed by atoms with Crippen LogP contribution in [0, 0.1) is 5.92 Å². The molecule has 1 aromatic heterocycles. The lowest BCUT2D eigenvalue weighted by Crippen LogP contribution is -2.11. The van der Waals surface area contributed by atoms with Gasteiger partial charge in [-0.15, -0.1) is 0 Å². The van der Waals surface area contributed by atoms with Crippen LogP contribution in [0.3, 0.4) is 0 Å². The third kappa shape index (κ3) is 2.72. The summed E-state index contributed by atoms with van der Waals surface area (Å²) in [5.41, 5.74) is 0. The molecule has 0 fully saturated rings. The normalized spacial score (nSPS) is 13.2. The minimum absolute atomic E-state index is 0.587. The first kappa shape index (κ1) is 9.93. The molecule has 1 atom stereocenters. The molecule has 0 amide bonds. The molecule has 1 unspecified atom stereocenters. The van der Waals surface area contributed by atoms with Gasteiger partial charge in [0.15, 0.2) is 0 Å². The Morgan fingerprint density at radius 3 is 2.92 bits per heavy atom. The van der Waals surface area contributed by atoms with E-state index in [0.717, 1.165) is 18.7 Å². The molecule has 0 aliphatic rings. The van der Waals surface area contributed by atoms with Crippen molar-refractivity contribution in [2.45, 2.75) is 19.9 Å². The lowest BCUT2D eigenvalue weighted by atomic mass is 10.1. The average molecular weight is 205 g/mol. The highest BCUT2D eigenvalue weighted by Crippen LogP contribution is 2.10. The Labute approximate surface area is 83.3 Å². The Morgan fingerprint density at radius 1 is 1.75 bits per heavy atom. The van der Waals surface area contributed by atoms with Crippen LogP contribution in [-0.4, -0.2) is 15.5 Å². The second-order valence-corrected chi connectivity index (χ2v) is 3.64. The van der Waals surface area contributed by atoms with Gasteiger partial charge in [-0.3, -0.25) is 4.68 Å². The second kappa shape index (κ2) is 4.77. The smallest absolute Gasteiger partial charge is 0.0785 e. The first-order chi connectivity index (χ1) is 5.76. The Kier molecular flexibility index (Phi) is 3.95. The maximum Gasteiger partial charge on any atom is 0.0785 e. The van der Waals surface area contributed by atoms with E-state index in [0.29, 0.717) is 10.9 Å².